The fourth-order valence-corrected chi connectivity index (χ4v) is 2.81. The molecular weight excluding hydrogens is 284 g/mol. The number of rotatable bonds is 4. The van der Waals surface area contributed by atoms with Crippen molar-refractivity contribution in [3.63, 3.8) is 0 Å². The summed E-state index contributed by atoms with van der Waals surface area (Å²) >= 11 is 0. The molecule has 1 amide bonds. The lowest BCUT2D eigenvalue weighted by Crippen LogP contribution is -2.48. The van der Waals surface area contributed by atoms with Crippen LogP contribution in [0.1, 0.15) is 37.5 Å². The summed E-state index contributed by atoms with van der Waals surface area (Å²) in [7, 11) is 1.83. The van der Waals surface area contributed by atoms with E-state index in [1.165, 1.54) is 0 Å². The molecule has 116 valence electrons. The lowest BCUT2D eigenvalue weighted by atomic mass is 10.1. The van der Waals surface area contributed by atoms with Gasteiger partial charge in [-0.15, -0.1) is 5.10 Å². The predicted octanol–water partition coefficient (Wildman–Crippen LogP) is 1.29. The van der Waals surface area contributed by atoms with E-state index in [-0.39, 0.29) is 11.9 Å². The Balaban J connectivity index is 1.49. The summed E-state index contributed by atoms with van der Waals surface area (Å²) in [6, 6.07) is 1.85. The number of aromatic nitrogens is 4. The maximum absolute atomic E-state index is 12.7. The molecule has 0 bridgehead atoms. The summed E-state index contributed by atoms with van der Waals surface area (Å²) in [6.45, 7) is 0.702. The zero-order valence-electron chi connectivity index (χ0n) is 12.4. The van der Waals surface area contributed by atoms with Crippen LogP contribution in [-0.4, -0.2) is 38.5 Å². The number of hydrogen-bond acceptors (Lipinski definition) is 6. The number of aryl methyl sites for hydroxylation is 1. The van der Waals surface area contributed by atoms with Crippen LogP contribution in [0.15, 0.2) is 16.7 Å². The summed E-state index contributed by atoms with van der Waals surface area (Å²) in [5.41, 5.74) is 0. The van der Waals surface area contributed by atoms with Gasteiger partial charge in [0.15, 0.2) is 0 Å². The van der Waals surface area contributed by atoms with Gasteiger partial charge >= 0.3 is 6.01 Å². The molecule has 4 rings (SSSR count). The van der Waals surface area contributed by atoms with E-state index in [0.717, 1.165) is 31.5 Å². The molecule has 2 aromatic heterocycles. The minimum absolute atomic E-state index is 0.0148. The number of nitrogens with zero attached hydrogens (tertiary/aromatic N) is 5. The third-order valence-electron chi connectivity index (χ3n) is 4.18. The van der Waals surface area contributed by atoms with Gasteiger partial charge in [0.05, 0.1) is 6.20 Å². The van der Waals surface area contributed by atoms with Crippen molar-refractivity contribution in [2.24, 2.45) is 7.05 Å². The van der Waals surface area contributed by atoms with E-state index in [0.29, 0.717) is 24.4 Å². The molecule has 0 spiro atoms. The molecular formula is C14H18N6O2. The van der Waals surface area contributed by atoms with Crippen molar-refractivity contribution in [3.05, 3.63) is 18.2 Å². The molecule has 0 radical (unpaired) electrons. The second-order valence-corrected chi connectivity index (χ2v) is 5.86. The number of amides is 1. The molecule has 0 aromatic carbocycles. The van der Waals surface area contributed by atoms with Crippen LogP contribution in [0.4, 0.5) is 11.8 Å². The zero-order chi connectivity index (χ0) is 15.1. The lowest BCUT2D eigenvalue weighted by molar-refractivity contribution is -0.120. The van der Waals surface area contributed by atoms with Crippen LogP contribution in [0.25, 0.3) is 0 Å². The van der Waals surface area contributed by atoms with Gasteiger partial charge in [0.1, 0.15) is 11.9 Å². The normalized spacial score (nSPS) is 22.1. The molecule has 1 saturated heterocycles. The standard InChI is InChI=1S/C14H18N6O2/c1-19-11(6-7-15-19)20-8-2-3-10(13(20)21)16-14-18-17-12(22-14)9-4-5-9/h6-7,9-10H,2-5,8H2,1H3,(H,16,18). The second-order valence-electron chi connectivity index (χ2n) is 5.86. The SMILES string of the molecule is Cn1nccc1N1CCCC(Nc2nnc(C3CC3)o2)C1=O. The van der Waals surface area contributed by atoms with Crippen molar-refractivity contribution in [2.75, 3.05) is 16.8 Å². The van der Waals surface area contributed by atoms with Gasteiger partial charge in [-0.1, -0.05) is 5.10 Å². The smallest absolute Gasteiger partial charge is 0.316 e. The highest BCUT2D eigenvalue weighted by atomic mass is 16.4. The first-order chi connectivity index (χ1) is 10.7. The Hall–Kier alpha value is -2.38. The van der Waals surface area contributed by atoms with E-state index in [9.17, 15) is 4.79 Å². The van der Waals surface area contributed by atoms with Gasteiger partial charge in [-0.3, -0.25) is 14.4 Å². The Morgan fingerprint density at radius 2 is 2.18 bits per heavy atom. The molecule has 1 aliphatic heterocycles. The number of piperidine rings is 1. The van der Waals surface area contributed by atoms with Crippen molar-refractivity contribution in [1.29, 1.82) is 0 Å². The maximum atomic E-state index is 12.7. The maximum Gasteiger partial charge on any atom is 0.316 e. The van der Waals surface area contributed by atoms with Gasteiger partial charge in [0.25, 0.3) is 5.91 Å². The van der Waals surface area contributed by atoms with E-state index >= 15 is 0 Å². The summed E-state index contributed by atoms with van der Waals surface area (Å²) in [4.78, 5) is 14.4. The van der Waals surface area contributed by atoms with E-state index in [1.807, 2.05) is 13.1 Å². The van der Waals surface area contributed by atoms with Crippen molar-refractivity contribution < 1.29 is 9.21 Å². The van der Waals surface area contributed by atoms with Crippen molar-refractivity contribution in [3.8, 4) is 0 Å². The topological polar surface area (TPSA) is 89.1 Å². The van der Waals surface area contributed by atoms with Gasteiger partial charge in [-0.2, -0.15) is 5.10 Å². The third kappa shape index (κ3) is 2.34. The third-order valence-corrected chi connectivity index (χ3v) is 4.18. The van der Waals surface area contributed by atoms with Crippen LogP contribution >= 0.6 is 0 Å². The van der Waals surface area contributed by atoms with Gasteiger partial charge in [-0.25, -0.2) is 0 Å². The molecule has 8 heteroatoms. The Labute approximate surface area is 127 Å². The highest BCUT2D eigenvalue weighted by Gasteiger charge is 2.33. The van der Waals surface area contributed by atoms with Gasteiger partial charge in [-0.05, 0) is 25.7 Å². The first-order valence-corrected chi connectivity index (χ1v) is 7.61. The first kappa shape index (κ1) is 13.3. The van der Waals surface area contributed by atoms with E-state index in [4.69, 9.17) is 4.42 Å². The number of nitrogens with one attached hydrogen (secondary N) is 1. The monoisotopic (exact) mass is 302 g/mol. The number of carbonyl (C=O) groups is 1. The van der Waals surface area contributed by atoms with Crippen LogP contribution < -0.4 is 10.2 Å². The zero-order valence-corrected chi connectivity index (χ0v) is 12.4. The predicted molar refractivity (Wildman–Crippen MR) is 78.5 cm³/mol. The highest BCUT2D eigenvalue weighted by molar-refractivity contribution is 5.98. The molecule has 2 fully saturated rings. The Kier molecular flexibility index (Phi) is 3.09. The van der Waals surface area contributed by atoms with Crippen LogP contribution in [0.2, 0.25) is 0 Å². The summed E-state index contributed by atoms with van der Waals surface area (Å²) in [5.74, 6) is 1.91. The summed E-state index contributed by atoms with van der Waals surface area (Å²) in [5, 5.41) is 15.2. The van der Waals surface area contributed by atoms with E-state index in [1.54, 1.807) is 15.8 Å². The second kappa shape index (κ2) is 5.11. The van der Waals surface area contributed by atoms with Crippen LogP contribution in [0, 0.1) is 0 Å². The number of carbonyl (C=O) groups excluding carboxylic acids is 1. The molecule has 2 aromatic rings. The average Bonchev–Trinajstić information content (AvgIpc) is 3.12. The number of anilines is 2. The van der Waals surface area contributed by atoms with E-state index < -0.39 is 0 Å². The van der Waals surface area contributed by atoms with E-state index in [2.05, 4.69) is 20.6 Å². The van der Waals surface area contributed by atoms with Gasteiger partial charge < -0.3 is 9.73 Å². The molecule has 22 heavy (non-hydrogen) atoms. The van der Waals surface area contributed by atoms with Gasteiger partial charge in [0, 0.05) is 25.6 Å². The molecule has 1 aliphatic carbocycles. The largest absolute Gasteiger partial charge is 0.408 e. The Morgan fingerprint density at radius 3 is 2.91 bits per heavy atom. The molecule has 8 nitrogen and oxygen atoms in total. The lowest BCUT2D eigenvalue weighted by Gasteiger charge is -2.31. The molecule has 1 saturated carbocycles. The quantitative estimate of drug-likeness (QED) is 0.915. The van der Waals surface area contributed by atoms with Gasteiger partial charge in [0.2, 0.25) is 5.89 Å². The fourth-order valence-electron chi connectivity index (χ4n) is 2.81. The van der Waals surface area contributed by atoms with Crippen LogP contribution in [-0.2, 0) is 11.8 Å². The van der Waals surface area contributed by atoms with Crippen molar-refractivity contribution >= 4 is 17.7 Å². The summed E-state index contributed by atoms with van der Waals surface area (Å²) < 4.78 is 7.29. The van der Waals surface area contributed by atoms with Crippen molar-refractivity contribution in [1.82, 2.24) is 20.0 Å². The molecule has 3 heterocycles. The molecule has 1 unspecified atom stereocenters. The minimum atomic E-state index is -0.337. The molecule has 1 atom stereocenters. The minimum Gasteiger partial charge on any atom is -0.408 e. The summed E-state index contributed by atoms with van der Waals surface area (Å²) in [6.07, 6.45) is 5.59. The highest BCUT2D eigenvalue weighted by Crippen LogP contribution is 2.39. The van der Waals surface area contributed by atoms with Crippen LogP contribution in [0.3, 0.4) is 0 Å². The Bertz CT molecular complexity index is 689. The molecule has 1 N–H and O–H groups in total. The van der Waals surface area contributed by atoms with Crippen LogP contribution in [0.5, 0.6) is 0 Å². The first-order valence-electron chi connectivity index (χ1n) is 7.61. The number of hydrogen-bond donors (Lipinski definition) is 1. The average molecular weight is 302 g/mol. The Morgan fingerprint density at radius 1 is 1.32 bits per heavy atom. The molecule has 2 aliphatic rings. The fraction of sp³-hybridized carbons (Fsp3) is 0.571. The van der Waals surface area contributed by atoms with Crippen molar-refractivity contribution in [2.45, 2.75) is 37.6 Å².